The molecule has 0 radical (unpaired) electrons. The summed E-state index contributed by atoms with van der Waals surface area (Å²) in [5.41, 5.74) is 3.00. The number of pyridine rings is 1. The minimum Gasteiger partial charge on any atom is -0.494 e. The van der Waals surface area contributed by atoms with Gasteiger partial charge in [-0.2, -0.15) is 0 Å². The molecule has 40 heavy (non-hydrogen) atoms. The second-order valence-electron chi connectivity index (χ2n) is 11.0. The largest absolute Gasteiger partial charge is 0.494 e. The summed E-state index contributed by atoms with van der Waals surface area (Å²) in [5, 5.41) is 7.54. The summed E-state index contributed by atoms with van der Waals surface area (Å²) in [6.07, 6.45) is 7.12. The van der Waals surface area contributed by atoms with Gasteiger partial charge in [-0.15, -0.1) is 11.3 Å². The Bertz CT molecular complexity index is 1360. The maximum absolute atomic E-state index is 13.2. The molecule has 1 aromatic carbocycles. The molecule has 3 aliphatic rings. The Morgan fingerprint density at radius 2 is 2.05 bits per heavy atom. The summed E-state index contributed by atoms with van der Waals surface area (Å²) in [4.78, 5) is 41.5. The second kappa shape index (κ2) is 12.1. The number of likely N-dealkylation sites (tertiary alicyclic amines) is 1. The molecule has 1 atom stereocenters. The van der Waals surface area contributed by atoms with Crippen molar-refractivity contribution < 1.29 is 14.3 Å². The first-order chi connectivity index (χ1) is 19.6. The molecule has 0 bridgehead atoms. The summed E-state index contributed by atoms with van der Waals surface area (Å²) in [7, 11) is 1.71. The average molecular weight is 563 g/mol. The van der Waals surface area contributed by atoms with Gasteiger partial charge in [0.25, 0.3) is 0 Å². The van der Waals surface area contributed by atoms with Gasteiger partial charge in [-0.3, -0.25) is 19.5 Å². The number of nitrogens with zero attached hydrogens (tertiary/aromatic N) is 5. The number of amides is 2. The molecule has 1 aliphatic carbocycles. The van der Waals surface area contributed by atoms with E-state index in [4.69, 9.17) is 14.7 Å². The molecule has 1 saturated carbocycles. The molecule has 2 aliphatic heterocycles. The molecule has 6 rings (SSSR count). The number of thiazole rings is 1. The normalized spacial score (nSPS) is 19.2. The van der Waals surface area contributed by atoms with Crippen LogP contribution < -0.4 is 15.0 Å². The number of hydrogen-bond acceptors (Lipinski definition) is 8. The van der Waals surface area contributed by atoms with Gasteiger partial charge < -0.3 is 19.9 Å². The molecule has 2 amide bonds. The van der Waals surface area contributed by atoms with Crippen LogP contribution in [0.25, 0.3) is 10.9 Å². The highest BCUT2D eigenvalue weighted by Gasteiger charge is 2.32. The number of fused-ring (bicyclic) bond motifs is 1. The van der Waals surface area contributed by atoms with Gasteiger partial charge in [0.2, 0.25) is 11.8 Å². The molecule has 1 N–H and O–H groups in total. The minimum atomic E-state index is -0.0790. The van der Waals surface area contributed by atoms with Crippen LogP contribution in [0.2, 0.25) is 0 Å². The lowest BCUT2D eigenvalue weighted by atomic mass is 10.1. The fraction of sp³-hybridized carbons (Fsp3) is 0.533. The van der Waals surface area contributed by atoms with E-state index in [2.05, 4.69) is 32.6 Å². The number of aromatic nitrogens is 2. The average Bonchev–Trinajstić information content (AvgIpc) is 3.65. The van der Waals surface area contributed by atoms with Crippen LogP contribution in [0.5, 0.6) is 5.75 Å². The van der Waals surface area contributed by atoms with Crippen molar-refractivity contribution in [3.63, 3.8) is 0 Å². The zero-order valence-corrected chi connectivity index (χ0v) is 24.0. The van der Waals surface area contributed by atoms with Gasteiger partial charge in [-0.25, -0.2) is 4.98 Å². The van der Waals surface area contributed by atoms with Gasteiger partial charge in [-0.1, -0.05) is 6.07 Å². The highest BCUT2D eigenvalue weighted by molar-refractivity contribution is 7.09. The first-order valence-corrected chi connectivity index (χ1v) is 15.4. The van der Waals surface area contributed by atoms with Crippen LogP contribution in [0.3, 0.4) is 0 Å². The predicted molar refractivity (Wildman–Crippen MR) is 157 cm³/mol. The Labute approximate surface area is 239 Å². The fourth-order valence-corrected chi connectivity index (χ4v) is 7.00. The Hall–Kier alpha value is -3.24. The molecule has 3 aromatic rings. The van der Waals surface area contributed by atoms with Crippen LogP contribution in [-0.2, 0) is 9.59 Å². The number of ether oxygens (including phenoxy) is 1. The van der Waals surface area contributed by atoms with E-state index in [1.54, 1.807) is 18.4 Å². The molecule has 2 aromatic heterocycles. The van der Waals surface area contributed by atoms with Gasteiger partial charge in [-0.05, 0) is 43.9 Å². The molecular weight excluding hydrogens is 524 g/mol. The van der Waals surface area contributed by atoms with Crippen molar-refractivity contribution >= 4 is 39.7 Å². The Morgan fingerprint density at radius 1 is 1.15 bits per heavy atom. The van der Waals surface area contributed by atoms with Gasteiger partial charge in [0.05, 0.1) is 29.4 Å². The number of nitrogens with one attached hydrogen (secondary N) is 1. The number of hydrogen-bond donors (Lipinski definition) is 1. The highest BCUT2D eigenvalue weighted by Crippen LogP contribution is 2.43. The zero-order chi connectivity index (χ0) is 27.5. The second-order valence-corrected chi connectivity index (χ2v) is 11.9. The SMILES string of the molecule is COc1ccc2cccnc2c1N1CCCN(C(CC(=O)NCCN2CCCC2=O)c2csc(C3CC3)n2)CC1. The van der Waals surface area contributed by atoms with Crippen LogP contribution >= 0.6 is 11.3 Å². The molecule has 9 nitrogen and oxygen atoms in total. The van der Waals surface area contributed by atoms with Crippen molar-refractivity contribution in [3.8, 4) is 5.75 Å². The van der Waals surface area contributed by atoms with E-state index in [0.717, 1.165) is 73.6 Å². The van der Waals surface area contributed by atoms with E-state index in [0.29, 0.717) is 31.8 Å². The topological polar surface area (TPSA) is 90.9 Å². The molecule has 4 heterocycles. The van der Waals surface area contributed by atoms with Crippen LogP contribution in [-0.4, -0.2) is 84.5 Å². The summed E-state index contributed by atoms with van der Waals surface area (Å²) < 4.78 is 5.77. The minimum absolute atomic E-state index is 0.0126. The lowest BCUT2D eigenvalue weighted by Crippen LogP contribution is -2.39. The maximum Gasteiger partial charge on any atom is 0.222 e. The maximum atomic E-state index is 13.2. The summed E-state index contributed by atoms with van der Waals surface area (Å²) in [6, 6.07) is 8.06. The zero-order valence-electron chi connectivity index (χ0n) is 23.2. The number of methoxy groups -OCH3 is 1. The van der Waals surface area contributed by atoms with Crippen LogP contribution in [0.1, 0.15) is 61.2 Å². The Balaban J connectivity index is 1.17. The summed E-state index contributed by atoms with van der Waals surface area (Å²) in [6.45, 7) is 5.25. The smallest absolute Gasteiger partial charge is 0.222 e. The van der Waals surface area contributed by atoms with Crippen LogP contribution in [0, 0.1) is 0 Å². The molecule has 1 unspecified atom stereocenters. The van der Waals surface area contributed by atoms with E-state index >= 15 is 0 Å². The monoisotopic (exact) mass is 562 g/mol. The third-order valence-corrected chi connectivity index (χ3v) is 9.31. The van der Waals surface area contributed by atoms with Crippen molar-refractivity contribution in [2.75, 3.05) is 57.8 Å². The number of carbonyl (C=O) groups is 2. The predicted octanol–water partition coefficient (Wildman–Crippen LogP) is 3.96. The van der Waals surface area contributed by atoms with Crippen LogP contribution in [0.4, 0.5) is 5.69 Å². The van der Waals surface area contributed by atoms with Gasteiger partial charge in [0.1, 0.15) is 11.4 Å². The van der Waals surface area contributed by atoms with E-state index in [1.807, 2.05) is 23.2 Å². The molecule has 212 valence electrons. The summed E-state index contributed by atoms with van der Waals surface area (Å²) in [5.74, 6) is 1.63. The first-order valence-electron chi connectivity index (χ1n) is 14.5. The van der Waals surface area contributed by atoms with Crippen molar-refractivity contribution in [3.05, 3.63) is 46.5 Å². The molecular formula is C30H38N6O3S. The van der Waals surface area contributed by atoms with E-state index in [-0.39, 0.29) is 17.9 Å². The number of benzene rings is 1. The fourth-order valence-electron chi connectivity index (χ4n) is 5.96. The molecule has 2 saturated heterocycles. The quantitative estimate of drug-likeness (QED) is 0.400. The number of rotatable bonds is 10. The van der Waals surface area contributed by atoms with Gasteiger partial charge in [0.15, 0.2) is 0 Å². The van der Waals surface area contributed by atoms with E-state index in [9.17, 15) is 9.59 Å². The lowest BCUT2D eigenvalue weighted by molar-refractivity contribution is -0.128. The Kier molecular flexibility index (Phi) is 8.15. The van der Waals surface area contributed by atoms with Crippen molar-refractivity contribution in [1.29, 1.82) is 0 Å². The standard InChI is InChI=1S/C30H38N6O3S/c1-39-25-10-9-21-5-2-11-32-28(21)29(25)36-15-4-14-34(17-18-36)24(23-20-40-30(33-23)22-7-8-22)19-26(37)31-12-16-35-13-3-6-27(35)38/h2,5,9-11,20,22,24H,3-4,6-8,12-19H2,1H3,(H,31,37). The lowest BCUT2D eigenvalue weighted by Gasteiger charge is -2.30. The third kappa shape index (κ3) is 5.93. The van der Waals surface area contributed by atoms with Gasteiger partial charge >= 0.3 is 0 Å². The van der Waals surface area contributed by atoms with E-state index < -0.39 is 0 Å². The molecule has 10 heteroatoms. The first kappa shape index (κ1) is 27.0. The number of anilines is 1. The summed E-state index contributed by atoms with van der Waals surface area (Å²) >= 11 is 1.73. The van der Waals surface area contributed by atoms with Crippen molar-refractivity contribution in [2.24, 2.45) is 0 Å². The molecule has 3 fully saturated rings. The van der Waals surface area contributed by atoms with Crippen molar-refractivity contribution in [1.82, 2.24) is 25.1 Å². The Morgan fingerprint density at radius 3 is 2.85 bits per heavy atom. The van der Waals surface area contributed by atoms with Gasteiger partial charge in [0, 0.05) is 81.5 Å². The van der Waals surface area contributed by atoms with Crippen LogP contribution in [0.15, 0.2) is 35.8 Å². The van der Waals surface area contributed by atoms with E-state index in [1.165, 1.54) is 17.8 Å². The molecule has 0 spiro atoms. The highest BCUT2D eigenvalue weighted by atomic mass is 32.1. The third-order valence-electron chi connectivity index (χ3n) is 8.28. The van der Waals surface area contributed by atoms with Crippen molar-refractivity contribution in [2.45, 2.75) is 50.5 Å². The number of carbonyl (C=O) groups excluding carboxylic acids is 2.